The van der Waals surface area contributed by atoms with Crippen molar-refractivity contribution in [2.24, 2.45) is 0 Å². The third kappa shape index (κ3) is 1.99. The zero-order valence-electron chi connectivity index (χ0n) is 8.41. The van der Waals surface area contributed by atoms with E-state index in [4.69, 9.17) is 22.4 Å². The lowest BCUT2D eigenvalue weighted by Gasteiger charge is -2.05. The second kappa shape index (κ2) is 4.35. The molecule has 3 nitrogen and oxygen atoms in total. The molecule has 0 aliphatic heterocycles. The monoisotopic (exact) mass is 271 g/mol. The number of nitrogens with two attached hydrogens (primary N) is 1. The van der Waals surface area contributed by atoms with E-state index in [1.54, 1.807) is 0 Å². The minimum Gasteiger partial charge on any atom is -0.477 e. The number of hydrogen-bond acceptors (Lipinski definition) is 3. The number of aromatic carboxylic acids is 1. The van der Waals surface area contributed by atoms with Crippen LogP contribution in [0.15, 0.2) is 23.6 Å². The highest BCUT2D eigenvalue weighted by molar-refractivity contribution is 7.13. The Morgan fingerprint density at radius 2 is 2.18 bits per heavy atom. The van der Waals surface area contributed by atoms with Crippen molar-refractivity contribution in [3.63, 3.8) is 0 Å². The number of rotatable bonds is 2. The summed E-state index contributed by atoms with van der Waals surface area (Å²) in [4.78, 5) is 10.8. The summed E-state index contributed by atoms with van der Waals surface area (Å²) in [5, 5.41) is 10.6. The van der Waals surface area contributed by atoms with Crippen LogP contribution in [0.3, 0.4) is 0 Å². The SMILES string of the molecule is Nc1c(-c2c(F)cccc2Cl)csc1C(=O)O. The summed E-state index contributed by atoms with van der Waals surface area (Å²) in [5.74, 6) is -1.66. The topological polar surface area (TPSA) is 63.3 Å². The molecule has 0 bridgehead atoms. The first-order valence-corrected chi connectivity index (χ1v) is 5.82. The van der Waals surface area contributed by atoms with E-state index in [1.807, 2.05) is 0 Å². The van der Waals surface area contributed by atoms with Crippen molar-refractivity contribution in [2.45, 2.75) is 0 Å². The molecule has 0 aliphatic carbocycles. The van der Waals surface area contributed by atoms with E-state index in [0.29, 0.717) is 5.56 Å². The second-order valence-corrected chi connectivity index (χ2v) is 4.58. The number of carboxylic acid groups (broad SMARTS) is 1. The number of anilines is 1. The molecular weight excluding hydrogens is 265 g/mol. The summed E-state index contributed by atoms with van der Waals surface area (Å²) in [6, 6.07) is 4.25. The molecule has 3 N–H and O–H groups in total. The molecule has 0 saturated heterocycles. The van der Waals surface area contributed by atoms with Crippen molar-refractivity contribution in [1.82, 2.24) is 0 Å². The summed E-state index contributed by atoms with van der Waals surface area (Å²) in [6.07, 6.45) is 0. The maximum Gasteiger partial charge on any atom is 0.348 e. The van der Waals surface area contributed by atoms with Gasteiger partial charge >= 0.3 is 5.97 Å². The first-order chi connectivity index (χ1) is 8.02. The van der Waals surface area contributed by atoms with E-state index in [2.05, 4.69) is 0 Å². The van der Waals surface area contributed by atoms with Gasteiger partial charge in [-0.2, -0.15) is 0 Å². The molecule has 2 aromatic rings. The molecular formula is C11H7ClFNO2S. The Morgan fingerprint density at radius 1 is 1.47 bits per heavy atom. The molecule has 0 amide bonds. The number of nitrogen functional groups attached to an aromatic ring is 1. The van der Waals surface area contributed by atoms with Crippen LogP contribution in [0.4, 0.5) is 10.1 Å². The van der Waals surface area contributed by atoms with Crippen molar-refractivity contribution in [3.8, 4) is 11.1 Å². The smallest absolute Gasteiger partial charge is 0.348 e. The van der Waals surface area contributed by atoms with Gasteiger partial charge < -0.3 is 10.8 Å². The van der Waals surface area contributed by atoms with Crippen molar-refractivity contribution in [2.75, 3.05) is 5.73 Å². The number of carbonyl (C=O) groups is 1. The van der Waals surface area contributed by atoms with Gasteiger partial charge in [0.05, 0.1) is 10.7 Å². The maximum atomic E-state index is 13.6. The predicted molar refractivity (Wildman–Crippen MR) is 66.1 cm³/mol. The Labute approximate surface area is 105 Å². The van der Waals surface area contributed by atoms with Gasteiger partial charge in [0.1, 0.15) is 10.7 Å². The minimum atomic E-state index is -1.13. The second-order valence-electron chi connectivity index (χ2n) is 3.29. The van der Waals surface area contributed by atoms with Gasteiger partial charge in [0.25, 0.3) is 0 Å². The van der Waals surface area contributed by atoms with Gasteiger partial charge in [-0.15, -0.1) is 11.3 Å². The van der Waals surface area contributed by atoms with E-state index in [-0.39, 0.29) is 21.2 Å². The summed E-state index contributed by atoms with van der Waals surface area (Å²) in [7, 11) is 0. The Hall–Kier alpha value is -1.59. The fourth-order valence-electron chi connectivity index (χ4n) is 1.48. The average molecular weight is 272 g/mol. The van der Waals surface area contributed by atoms with Crippen LogP contribution in [0.25, 0.3) is 11.1 Å². The molecule has 17 heavy (non-hydrogen) atoms. The van der Waals surface area contributed by atoms with Crippen LogP contribution in [0.1, 0.15) is 9.67 Å². The van der Waals surface area contributed by atoms with Crippen LogP contribution < -0.4 is 5.73 Å². The molecule has 88 valence electrons. The number of carboxylic acids is 1. The Balaban J connectivity index is 2.66. The molecule has 0 radical (unpaired) electrons. The molecule has 0 unspecified atom stereocenters. The maximum absolute atomic E-state index is 13.6. The highest BCUT2D eigenvalue weighted by Crippen LogP contribution is 2.39. The molecule has 6 heteroatoms. The third-order valence-electron chi connectivity index (χ3n) is 2.26. The molecule has 1 aromatic heterocycles. The summed E-state index contributed by atoms with van der Waals surface area (Å²) in [6.45, 7) is 0. The van der Waals surface area contributed by atoms with Crippen LogP contribution >= 0.6 is 22.9 Å². The van der Waals surface area contributed by atoms with Gasteiger partial charge in [-0.05, 0) is 12.1 Å². The summed E-state index contributed by atoms with van der Waals surface area (Å²) < 4.78 is 13.6. The minimum absolute atomic E-state index is 0.0145. The zero-order valence-corrected chi connectivity index (χ0v) is 9.98. The van der Waals surface area contributed by atoms with Gasteiger partial charge in [-0.25, -0.2) is 9.18 Å². The van der Waals surface area contributed by atoms with Crippen LogP contribution in [0.5, 0.6) is 0 Å². The number of benzene rings is 1. The molecule has 0 atom stereocenters. The fourth-order valence-corrected chi connectivity index (χ4v) is 2.56. The molecule has 1 aromatic carbocycles. The predicted octanol–water partition coefficient (Wildman–Crippen LogP) is 3.49. The molecule has 1 heterocycles. The highest BCUT2D eigenvalue weighted by Gasteiger charge is 2.19. The fraction of sp³-hybridized carbons (Fsp3) is 0. The zero-order chi connectivity index (χ0) is 12.6. The largest absolute Gasteiger partial charge is 0.477 e. The number of hydrogen-bond donors (Lipinski definition) is 2. The summed E-state index contributed by atoms with van der Waals surface area (Å²) in [5.41, 5.74) is 6.16. The highest BCUT2D eigenvalue weighted by atomic mass is 35.5. The Bertz CT molecular complexity index is 577. The van der Waals surface area contributed by atoms with Crippen molar-refractivity contribution in [1.29, 1.82) is 0 Å². The van der Waals surface area contributed by atoms with E-state index in [1.165, 1.54) is 23.6 Å². The lowest BCUT2D eigenvalue weighted by atomic mass is 10.1. The van der Waals surface area contributed by atoms with Gasteiger partial charge in [-0.1, -0.05) is 17.7 Å². The first-order valence-electron chi connectivity index (χ1n) is 4.57. The van der Waals surface area contributed by atoms with E-state index in [9.17, 15) is 9.18 Å². The quantitative estimate of drug-likeness (QED) is 0.879. The van der Waals surface area contributed by atoms with Crippen LogP contribution in [0.2, 0.25) is 5.02 Å². The van der Waals surface area contributed by atoms with Gasteiger partial charge in [-0.3, -0.25) is 0 Å². The third-order valence-corrected chi connectivity index (χ3v) is 3.55. The molecule has 0 spiro atoms. The normalized spacial score (nSPS) is 10.5. The van der Waals surface area contributed by atoms with Gasteiger partial charge in [0, 0.05) is 16.5 Å². The van der Waals surface area contributed by atoms with E-state index in [0.717, 1.165) is 11.3 Å². The van der Waals surface area contributed by atoms with E-state index >= 15 is 0 Å². The van der Waals surface area contributed by atoms with Gasteiger partial charge in [0.2, 0.25) is 0 Å². The van der Waals surface area contributed by atoms with Crippen LogP contribution in [0, 0.1) is 5.82 Å². The number of thiophene rings is 1. The molecule has 0 fully saturated rings. The van der Waals surface area contributed by atoms with E-state index < -0.39 is 11.8 Å². The van der Waals surface area contributed by atoms with Crippen LogP contribution in [-0.2, 0) is 0 Å². The summed E-state index contributed by atoms with van der Waals surface area (Å²) >= 11 is 6.83. The molecule has 0 aliphatic rings. The van der Waals surface area contributed by atoms with Crippen LogP contribution in [-0.4, -0.2) is 11.1 Å². The first kappa shape index (κ1) is 11.9. The number of halogens is 2. The van der Waals surface area contributed by atoms with Crippen molar-refractivity contribution in [3.05, 3.63) is 39.3 Å². The lowest BCUT2D eigenvalue weighted by molar-refractivity contribution is 0.0703. The standard InChI is InChI=1S/C11H7ClFNO2S/c12-6-2-1-3-7(13)8(6)5-4-17-10(9(5)14)11(15)16/h1-4H,14H2,(H,15,16). The van der Waals surface area contributed by atoms with Crippen molar-refractivity contribution >= 4 is 34.6 Å². The Kier molecular flexibility index (Phi) is 3.04. The van der Waals surface area contributed by atoms with Gasteiger partial charge in [0.15, 0.2) is 0 Å². The van der Waals surface area contributed by atoms with Crippen molar-refractivity contribution < 1.29 is 14.3 Å². The molecule has 2 rings (SSSR count). The molecule has 0 saturated carbocycles. The average Bonchev–Trinajstić information content (AvgIpc) is 2.61. The Morgan fingerprint density at radius 3 is 2.71 bits per heavy atom. The lowest BCUT2D eigenvalue weighted by Crippen LogP contribution is -1.98.